The van der Waals surface area contributed by atoms with Gasteiger partial charge in [-0.25, -0.2) is 4.39 Å². The summed E-state index contributed by atoms with van der Waals surface area (Å²) in [4.78, 5) is 24.1. The molecular weight excluding hydrogens is 307 g/mol. The summed E-state index contributed by atoms with van der Waals surface area (Å²) in [7, 11) is 0. The Balaban J connectivity index is 1.86. The number of benzene rings is 2. The van der Waals surface area contributed by atoms with Gasteiger partial charge >= 0.3 is 0 Å². The van der Waals surface area contributed by atoms with Gasteiger partial charge in [0.1, 0.15) is 5.82 Å². The molecule has 1 heterocycles. The van der Waals surface area contributed by atoms with E-state index in [1.807, 2.05) is 0 Å². The molecule has 22 heavy (non-hydrogen) atoms. The molecule has 0 spiro atoms. The highest BCUT2D eigenvalue weighted by Crippen LogP contribution is 2.33. The molecule has 112 valence electrons. The number of fused-ring (bicyclic) bond motifs is 1. The van der Waals surface area contributed by atoms with E-state index in [1.54, 1.807) is 24.3 Å². The third kappa shape index (κ3) is 2.94. The highest BCUT2D eigenvalue weighted by molar-refractivity contribution is 6.30. The minimum atomic E-state index is -0.653. The lowest BCUT2D eigenvalue weighted by atomic mass is 9.89. The number of amides is 2. The first-order valence-electron chi connectivity index (χ1n) is 6.68. The van der Waals surface area contributed by atoms with Gasteiger partial charge in [0.25, 0.3) is 0 Å². The Morgan fingerprint density at radius 2 is 1.95 bits per heavy atom. The topological polar surface area (TPSA) is 58.2 Å². The van der Waals surface area contributed by atoms with Crippen LogP contribution in [0.1, 0.15) is 17.9 Å². The van der Waals surface area contributed by atoms with Crippen molar-refractivity contribution in [1.29, 1.82) is 0 Å². The van der Waals surface area contributed by atoms with Crippen molar-refractivity contribution in [3.63, 3.8) is 0 Å². The zero-order chi connectivity index (χ0) is 15.7. The van der Waals surface area contributed by atoms with Crippen molar-refractivity contribution >= 4 is 34.8 Å². The Hall–Kier alpha value is -2.40. The van der Waals surface area contributed by atoms with Gasteiger partial charge in [-0.1, -0.05) is 17.7 Å². The number of halogens is 2. The standard InChI is InChI=1S/C16H12ClFN2O2/c17-9-1-4-11(5-2-9)19-16(22)13-8-15(21)20-14-7-10(18)3-6-12(13)14/h1-7,13H,8H2,(H,19,22)(H,20,21). The summed E-state index contributed by atoms with van der Waals surface area (Å²) in [5.41, 5.74) is 1.53. The minimum absolute atomic E-state index is 0.0258. The average molecular weight is 319 g/mol. The van der Waals surface area contributed by atoms with Crippen LogP contribution < -0.4 is 10.6 Å². The first-order chi connectivity index (χ1) is 10.5. The number of rotatable bonds is 2. The monoisotopic (exact) mass is 318 g/mol. The van der Waals surface area contributed by atoms with E-state index in [-0.39, 0.29) is 18.2 Å². The predicted molar refractivity (Wildman–Crippen MR) is 82.5 cm³/mol. The van der Waals surface area contributed by atoms with E-state index in [9.17, 15) is 14.0 Å². The van der Waals surface area contributed by atoms with Gasteiger partial charge in [-0.05, 0) is 42.0 Å². The van der Waals surface area contributed by atoms with Gasteiger partial charge in [0, 0.05) is 22.8 Å². The van der Waals surface area contributed by atoms with Crippen LogP contribution in [-0.4, -0.2) is 11.8 Å². The highest BCUT2D eigenvalue weighted by Gasteiger charge is 2.30. The molecule has 2 amide bonds. The number of carbonyl (C=O) groups excluding carboxylic acids is 2. The second kappa shape index (κ2) is 5.77. The summed E-state index contributed by atoms with van der Waals surface area (Å²) in [6.45, 7) is 0. The van der Waals surface area contributed by atoms with Crippen LogP contribution in [0.3, 0.4) is 0 Å². The molecule has 1 aliphatic heterocycles. The molecule has 0 saturated heterocycles. The van der Waals surface area contributed by atoms with Gasteiger partial charge in [0.05, 0.1) is 5.92 Å². The second-order valence-corrected chi connectivity index (χ2v) is 5.47. The van der Waals surface area contributed by atoms with Crippen LogP contribution in [0.5, 0.6) is 0 Å². The molecule has 0 radical (unpaired) electrons. The van der Waals surface area contributed by atoms with Crippen molar-refractivity contribution < 1.29 is 14.0 Å². The smallest absolute Gasteiger partial charge is 0.232 e. The first kappa shape index (κ1) is 14.5. The van der Waals surface area contributed by atoms with Crippen molar-refractivity contribution in [3.8, 4) is 0 Å². The van der Waals surface area contributed by atoms with Gasteiger partial charge < -0.3 is 10.6 Å². The van der Waals surface area contributed by atoms with Gasteiger partial charge in [-0.15, -0.1) is 0 Å². The lowest BCUT2D eigenvalue weighted by Crippen LogP contribution is -2.30. The fourth-order valence-electron chi connectivity index (χ4n) is 2.43. The third-order valence-electron chi connectivity index (χ3n) is 3.48. The molecule has 2 aromatic rings. The Morgan fingerprint density at radius 3 is 2.68 bits per heavy atom. The second-order valence-electron chi connectivity index (χ2n) is 5.03. The molecule has 0 aliphatic carbocycles. The number of nitrogens with one attached hydrogen (secondary N) is 2. The highest BCUT2D eigenvalue weighted by atomic mass is 35.5. The maximum Gasteiger partial charge on any atom is 0.232 e. The molecule has 2 aromatic carbocycles. The molecule has 1 unspecified atom stereocenters. The normalized spacial score (nSPS) is 16.6. The fraction of sp³-hybridized carbons (Fsp3) is 0.125. The number of anilines is 2. The van der Waals surface area contributed by atoms with Gasteiger partial charge in [-0.3, -0.25) is 9.59 Å². The predicted octanol–water partition coefficient (Wildman–Crippen LogP) is 3.54. The molecular formula is C16H12ClFN2O2. The molecule has 0 bridgehead atoms. The molecule has 1 aliphatic rings. The minimum Gasteiger partial charge on any atom is -0.326 e. The average Bonchev–Trinajstić information content (AvgIpc) is 2.48. The van der Waals surface area contributed by atoms with E-state index in [0.717, 1.165) is 0 Å². The van der Waals surface area contributed by atoms with E-state index < -0.39 is 11.7 Å². The van der Waals surface area contributed by atoms with Crippen molar-refractivity contribution in [2.45, 2.75) is 12.3 Å². The lowest BCUT2D eigenvalue weighted by Gasteiger charge is -2.24. The van der Waals surface area contributed by atoms with Crippen LogP contribution in [0, 0.1) is 5.82 Å². The van der Waals surface area contributed by atoms with Crippen LogP contribution in [0.4, 0.5) is 15.8 Å². The summed E-state index contributed by atoms with van der Waals surface area (Å²) in [5.74, 6) is -1.74. The molecule has 2 N–H and O–H groups in total. The Kier molecular flexibility index (Phi) is 3.81. The van der Waals surface area contributed by atoms with Gasteiger partial charge in [0.2, 0.25) is 11.8 Å². The van der Waals surface area contributed by atoms with E-state index in [2.05, 4.69) is 10.6 Å². The van der Waals surface area contributed by atoms with Crippen molar-refractivity contribution in [2.75, 3.05) is 10.6 Å². The van der Waals surface area contributed by atoms with Crippen LogP contribution in [0.25, 0.3) is 0 Å². The first-order valence-corrected chi connectivity index (χ1v) is 7.06. The molecule has 0 fully saturated rings. The Labute approximate surface area is 131 Å². The van der Waals surface area contributed by atoms with E-state index in [0.29, 0.717) is 22.0 Å². The summed E-state index contributed by atoms with van der Waals surface area (Å²) >= 11 is 5.80. The van der Waals surface area contributed by atoms with Crippen molar-refractivity contribution in [2.24, 2.45) is 0 Å². The van der Waals surface area contributed by atoms with Crippen LogP contribution in [-0.2, 0) is 9.59 Å². The van der Waals surface area contributed by atoms with E-state index in [1.165, 1.54) is 18.2 Å². The molecule has 3 rings (SSSR count). The van der Waals surface area contributed by atoms with Crippen LogP contribution in [0.15, 0.2) is 42.5 Å². The quantitative estimate of drug-likeness (QED) is 0.889. The SMILES string of the molecule is O=C1CC(C(=O)Nc2ccc(Cl)cc2)c2ccc(F)cc2N1. The lowest BCUT2D eigenvalue weighted by molar-refractivity contribution is -0.123. The third-order valence-corrected chi connectivity index (χ3v) is 3.73. The molecule has 0 aromatic heterocycles. The summed E-state index contributed by atoms with van der Waals surface area (Å²) < 4.78 is 13.3. The fourth-order valence-corrected chi connectivity index (χ4v) is 2.56. The number of hydrogen-bond acceptors (Lipinski definition) is 2. The number of carbonyl (C=O) groups is 2. The van der Waals surface area contributed by atoms with Crippen LogP contribution >= 0.6 is 11.6 Å². The maximum atomic E-state index is 13.3. The largest absolute Gasteiger partial charge is 0.326 e. The Bertz CT molecular complexity index is 746. The van der Waals surface area contributed by atoms with Gasteiger partial charge in [0.15, 0.2) is 0 Å². The Morgan fingerprint density at radius 1 is 1.23 bits per heavy atom. The molecule has 6 heteroatoms. The van der Waals surface area contributed by atoms with Crippen molar-refractivity contribution in [3.05, 3.63) is 58.9 Å². The zero-order valence-electron chi connectivity index (χ0n) is 11.4. The maximum absolute atomic E-state index is 13.3. The van der Waals surface area contributed by atoms with Crippen LogP contribution in [0.2, 0.25) is 5.02 Å². The summed E-state index contributed by atoms with van der Waals surface area (Å²) in [5, 5.41) is 5.89. The molecule has 4 nitrogen and oxygen atoms in total. The zero-order valence-corrected chi connectivity index (χ0v) is 12.2. The molecule has 0 saturated carbocycles. The summed E-state index contributed by atoms with van der Waals surface area (Å²) in [6, 6.07) is 10.7. The number of hydrogen-bond donors (Lipinski definition) is 2. The summed E-state index contributed by atoms with van der Waals surface area (Å²) in [6.07, 6.45) is 0.0258. The van der Waals surface area contributed by atoms with E-state index in [4.69, 9.17) is 11.6 Å². The van der Waals surface area contributed by atoms with E-state index >= 15 is 0 Å². The van der Waals surface area contributed by atoms with Gasteiger partial charge in [-0.2, -0.15) is 0 Å². The van der Waals surface area contributed by atoms with Crippen molar-refractivity contribution in [1.82, 2.24) is 0 Å². The molecule has 1 atom stereocenters.